The standard InChI is InChI=1S/C35H49N3O7/c1-6-9-17-27(40)36-24(5)30(25-15-11-10-12-16-25)44-34(43)28-26-18-19-35(45-26)29(28)32(41)38(21-13-22-39)31(35)33(42)37(20-8-3)23(4)14-7-2/h6,8,10-12,15-16,23-24,26,28-31,39H,1,3,7,9,13-14,17-22H2,2,4-5H3,(H,36,40)/t23?,24-,26+,28-,29-,30-,31+,35-/m0/s1. The van der Waals surface area contributed by atoms with Gasteiger partial charge >= 0.3 is 5.97 Å². The van der Waals surface area contributed by atoms with E-state index in [0.29, 0.717) is 37.8 Å². The predicted octanol–water partition coefficient (Wildman–Crippen LogP) is 3.70. The number of hydrogen-bond acceptors (Lipinski definition) is 7. The average molecular weight is 624 g/mol. The number of carbonyl (C=O) groups excluding carboxylic acids is 4. The number of fused-ring (bicyclic) bond motifs is 1. The lowest BCUT2D eigenvalue weighted by Gasteiger charge is -2.39. The normalized spacial score (nSPS) is 26.9. The third-order valence-corrected chi connectivity index (χ3v) is 9.50. The fourth-order valence-electron chi connectivity index (χ4n) is 7.48. The number of amides is 3. The summed E-state index contributed by atoms with van der Waals surface area (Å²) in [6, 6.07) is 7.64. The van der Waals surface area contributed by atoms with E-state index in [9.17, 15) is 24.3 Å². The highest BCUT2D eigenvalue weighted by Gasteiger charge is 2.75. The summed E-state index contributed by atoms with van der Waals surface area (Å²) in [7, 11) is 0. The van der Waals surface area contributed by atoms with Crippen molar-refractivity contribution in [3.8, 4) is 0 Å². The second-order valence-electron chi connectivity index (χ2n) is 12.5. The average Bonchev–Trinajstić information content (AvgIpc) is 3.67. The van der Waals surface area contributed by atoms with Crippen molar-refractivity contribution in [1.29, 1.82) is 0 Å². The molecule has 0 saturated carbocycles. The van der Waals surface area contributed by atoms with Crippen LogP contribution in [-0.2, 0) is 28.7 Å². The summed E-state index contributed by atoms with van der Waals surface area (Å²) in [6.07, 6.45) is 5.70. The van der Waals surface area contributed by atoms with E-state index in [1.165, 1.54) is 4.90 Å². The number of aliphatic hydroxyl groups is 1. The number of hydrogen-bond donors (Lipinski definition) is 2. The van der Waals surface area contributed by atoms with Gasteiger partial charge in [-0.25, -0.2) is 0 Å². The molecule has 10 nitrogen and oxygen atoms in total. The Morgan fingerprint density at radius 1 is 1.22 bits per heavy atom. The SMILES string of the molecule is C=CCCC(=O)N[C@@H](C)[C@H](OC(=O)[C@@H]1[C@H]2C(=O)N(CCCO)[C@H](C(=O)N(CC=C)C(C)CCC)[C@]23CC[C@H]1O3)c1ccccc1. The molecule has 3 aliphatic heterocycles. The topological polar surface area (TPSA) is 125 Å². The molecular formula is C35H49N3O7. The maximum Gasteiger partial charge on any atom is 0.313 e. The predicted molar refractivity (Wildman–Crippen MR) is 170 cm³/mol. The van der Waals surface area contributed by atoms with Crippen LogP contribution in [0.15, 0.2) is 55.6 Å². The fourth-order valence-corrected chi connectivity index (χ4v) is 7.48. The number of aliphatic hydroxyl groups excluding tert-OH is 1. The Bertz CT molecular complexity index is 1240. The number of ether oxygens (including phenoxy) is 2. The van der Waals surface area contributed by atoms with Gasteiger partial charge in [-0.15, -0.1) is 13.2 Å². The van der Waals surface area contributed by atoms with E-state index < -0.39 is 47.7 Å². The van der Waals surface area contributed by atoms with Crippen molar-refractivity contribution in [3.63, 3.8) is 0 Å². The molecule has 3 aliphatic rings. The van der Waals surface area contributed by atoms with Gasteiger partial charge in [-0.2, -0.15) is 0 Å². The zero-order valence-corrected chi connectivity index (χ0v) is 26.9. The molecule has 45 heavy (non-hydrogen) atoms. The van der Waals surface area contributed by atoms with Crippen molar-refractivity contribution in [2.45, 2.75) is 102 Å². The lowest BCUT2D eigenvalue weighted by molar-refractivity contribution is -0.162. The monoisotopic (exact) mass is 623 g/mol. The minimum absolute atomic E-state index is 0.0834. The lowest BCUT2D eigenvalue weighted by atomic mass is 9.70. The van der Waals surface area contributed by atoms with Crippen molar-refractivity contribution in [2.75, 3.05) is 19.7 Å². The van der Waals surface area contributed by atoms with Gasteiger partial charge in [-0.05, 0) is 51.5 Å². The molecular weight excluding hydrogens is 574 g/mol. The van der Waals surface area contributed by atoms with Crippen molar-refractivity contribution >= 4 is 23.7 Å². The Kier molecular flexibility index (Phi) is 11.6. The molecule has 246 valence electrons. The third-order valence-electron chi connectivity index (χ3n) is 9.50. The van der Waals surface area contributed by atoms with Gasteiger partial charge < -0.3 is 29.7 Å². The van der Waals surface area contributed by atoms with Crippen LogP contribution in [0.25, 0.3) is 0 Å². The number of rotatable bonds is 17. The minimum atomic E-state index is -1.17. The molecule has 0 aromatic heterocycles. The summed E-state index contributed by atoms with van der Waals surface area (Å²) >= 11 is 0. The smallest absolute Gasteiger partial charge is 0.313 e. The molecule has 3 heterocycles. The highest BCUT2D eigenvalue weighted by Crippen LogP contribution is 2.59. The zero-order valence-electron chi connectivity index (χ0n) is 26.9. The second-order valence-corrected chi connectivity index (χ2v) is 12.5. The Labute approximate surface area is 266 Å². The van der Waals surface area contributed by atoms with Crippen LogP contribution in [-0.4, -0.2) is 88.1 Å². The number of likely N-dealkylation sites (tertiary alicyclic amines) is 1. The molecule has 0 radical (unpaired) electrons. The fraction of sp³-hybridized carbons (Fsp3) is 0.600. The molecule has 2 N–H and O–H groups in total. The molecule has 3 amide bonds. The lowest BCUT2D eigenvalue weighted by Crippen LogP contribution is -2.58. The largest absolute Gasteiger partial charge is 0.455 e. The van der Waals surface area contributed by atoms with Crippen molar-refractivity contribution < 1.29 is 33.8 Å². The zero-order chi connectivity index (χ0) is 32.7. The highest BCUT2D eigenvalue weighted by molar-refractivity contribution is 5.98. The molecule has 3 fully saturated rings. The third kappa shape index (κ3) is 6.87. The van der Waals surface area contributed by atoms with E-state index >= 15 is 0 Å². The van der Waals surface area contributed by atoms with Gasteiger partial charge in [-0.3, -0.25) is 19.2 Å². The van der Waals surface area contributed by atoms with Gasteiger partial charge in [0.15, 0.2) is 0 Å². The first-order valence-electron chi connectivity index (χ1n) is 16.3. The summed E-state index contributed by atoms with van der Waals surface area (Å²) in [6.45, 7) is 13.7. The van der Waals surface area contributed by atoms with Crippen LogP contribution in [0.5, 0.6) is 0 Å². The summed E-state index contributed by atoms with van der Waals surface area (Å²) in [5.41, 5.74) is -0.461. The van der Waals surface area contributed by atoms with Gasteiger partial charge in [0.25, 0.3) is 0 Å². The van der Waals surface area contributed by atoms with Gasteiger partial charge in [0.2, 0.25) is 17.7 Å². The number of allylic oxidation sites excluding steroid dienone is 1. The molecule has 4 rings (SSSR count). The number of esters is 1. The molecule has 3 saturated heterocycles. The van der Waals surface area contributed by atoms with Crippen molar-refractivity contribution in [3.05, 3.63) is 61.2 Å². The molecule has 1 aromatic carbocycles. The molecule has 1 spiro atoms. The van der Waals surface area contributed by atoms with Gasteiger partial charge in [0.1, 0.15) is 17.7 Å². The first kappa shape index (κ1) is 34.4. The Morgan fingerprint density at radius 2 is 1.96 bits per heavy atom. The van der Waals surface area contributed by atoms with Crippen LogP contribution >= 0.6 is 0 Å². The Morgan fingerprint density at radius 3 is 2.60 bits per heavy atom. The van der Waals surface area contributed by atoms with Gasteiger partial charge in [0, 0.05) is 32.2 Å². The van der Waals surface area contributed by atoms with Gasteiger partial charge in [-0.1, -0.05) is 55.8 Å². The molecule has 0 aliphatic carbocycles. The van der Waals surface area contributed by atoms with Crippen LogP contribution in [0, 0.1) is 11.8 Å². The second kappa shape index (κ2) is 15.2. The van der Waals surface area contributed by atoms with E-state index in [1.54, 1.807) is 24.0 Å². The maximum absolute atomic E-state index is 14.4. The van der Waals surface area contributed by atoms with Crippen LogP contribution in [0.1, 0.15) is 77.4 Å². The Balaban J connectivity index is 1.65. The number of carbonyl (C=O) groups is 4. The molecule has 1 aromatic rings. The highest BCUT2D eigenvalue weighted by atomic mass is 16.6. The summed E-state index contributed by atoms with van der Waals surface area (Å²) < 4.78 is 12.8. The summed E-state index contributed by atoms with van der Waals surface area (Å²) in [5.74, 6) is -3.12. The van der Waals surface area contributed by atoms with Crippen LogP contribution < -0.4 is 5.32 Å². The quantitative estimate of drug-likeness (QED) is 0.200. The van der Waals surface area contributed by atoms with E-state index in [4.69, 9.17) is 9.47 Å². The van der Waals surface area contributed by atoms with Gasteiger partial charge in [0.05, 0.1) is 24.0 Å². The number of benzene rings is 1. The summed E-state index contributed by atoms with van der Waals surface area (Å²) in [5, 5.41) is 12.6. The van der Waals surface area contributed by atoms with Crippen molar-refractivity contribution in [2.24, 2.45) is 11.8 Å². The van der Waals surface area contributed by atoms with Crippen LogP contribution in [0.4, 0.5) is 0 Å². The minimum Gasteiger partial charge on any atom is -0.455 e. The maximum atomic E-state index is 14.4. The molecule has 2 bridgehead atoms. The molecule has 10 heteroatoms. The number of nitrogens with one attached hydrogen (secondary N) is 1. The summed E-state index contributed by atoms with van der Waals surface area (Å²) in [4.78, 5) is 58.6. The Hall–Kier alpha value is -3.50. The first-order chi connectivity index (χ1) is 21.6. The molecule has 8 atom stereocenters. The van der Waals surface area contributed by atoms with E-state index in [2.05, 4.69) is 25.4 Å². The van der Waals surface area contributed by atoms with Crippen LogP contribution in [0.2, 0.25) is 0 Å². The van der Waals surface area contributed by atoms with Crippen LogP contribution in [0.3, 0.4) is 0 Å². The van der Waals surface area contributed by atoms with E-state index in [1.807, 2.05) is 37.3 Å². The van der Waals surface area contributed by atoms with Crippen molar-refractivity contribution in [1.82, 2.24) is 15.1 Å². The van der Waals surface area contributed by atoms with E-state index in [0.717, 1.165) is 12.8 Å². The number of nitrogens with zero attached hydrogens (tertiary/aromatic N) is 2. The molecule has 1 unspecified atom stereocenters. The van der Waals surface area contributed by atoms with E-state index in [-0.39, 0.29) is 43.3 Å². The first-order valence-corrected chi connectivity index (χ1v) is 16.3.